The molecule has 29 heavy (non-hydrogen) atoms. The summed E-state index contributed by atoms with van der Waals surface area (Å²) < 4.78 is 6.38. The van der Waals surface area contributed by atoms with Crippen LogP contribution in [-0.4, -0.2) is 46.3 Å². The average molecular weight is 418 g/mol. The zero-order valence-corrected chi connectivity index (χ0v) is 17.1. The minimum atomic E-state index is -0.276. The number of esters is 1. The van der Waals surface area contributed by atoms with Gasteiger partial charge in [-0.05, 0) is 38.0 Å². The third kappa shape index (κ3) is 5.44. The number of aromatic nitrogens is 2. The number of nitrogens with zero attached hydrogens (tertiary/aromatic N) is 3. The molecule has 1 aliphatic rings. The molecule has 2 heterocycles. The number of hydrogen-bond acceptors (Lipinski definition) is 5. The monoisotopic (exact) mass is 417 g/mol. The minimum absolute atomic E-state index is 0.0930. The lowest BCUT2D eigenvalue weighted by atomic mass is 9.98. The molecule has 1 aromatic heterocycles. The summed E-state index contributed by atoms with van der Waals surface area (Å²) in [6.07, 6.45) is 1.64. The van der Waals surface area contributed by atoms with Crippen molar-refractivity contribution in [1.29, 1.82) is 0 Å². The van der Waals surface area contributed by atoms with Crippen molar-refractivity contribution in [2.45, 2.75) is 32.7 Å². The van der Waals surface area contributed by atoms with Gasteiger partial charge in [0.15, 0.2) is 0 Å². The van der Waals surface area contributed by atoms with Gasteiger partial charge >= 0.3 is 5.97 Å². The van der Waals surface area contributed by atoms with Gasteiger partial charge in [-0.1, -0.05) is 23.7 Å². The normalized spacial score (nSPS) is 16.5. The molecule has 0 bridgehead atoms. The van der Waals surface area contributed by atoms with Crippen LogP contribution < -0.4 is 5.56 Å². The van der Waals surface area contributed by atoms with Crippen molar-refractivity contribution in [1.82, 2.24) is 14.7 Å². The minimum Gasteiger partial charge on any atom is -0.466 e. The third-order valence-corrected chi connectivity index (χ3v) is 5.19. The van der Waals surface area contributed by atoms with Crippen molar-refractivity contribution in [3.63, 3.8) is 0 Å². The Kier molecular flexibility index (Phi) is 7.04. The summed E-state index contributed by atoms with van der Waals surface area (Å²) in [4.78, 5) is 38.4. The highest BCUT2D eigenvalue weighted by atomic mass is 35.5. The van der Waals surface area contributed by atoms with Crippen LogP contribution in [0.5, 0.6) is 0 Å². The standard InChI is InChI=1S/C21H24ClN3O4/c1-2-29-21(28)16-4-3-12-24(14-16)19(26)11-13-25-20(27)10-9-18(23-25)15-5-7-17(22)8-6-15/h5-10,16H,2-4,11-14H2,1H3. The molecule has 8 heteroatoms. The Morgan fingerprint density at radius 3 is 2.69 bits per heavy atom. The lowest BCUT2D eigenvalue weighted by Gasteiger charge is -2.31. The van der Waals surface area contributed by atoms with E-state index in [1.54, 1.807) is 30.0 Å². The summed E-state index contributed by atoms with van der Waals surface area (Å²) >= 11 is 5.91. The molecular formula is C21H24ClN3O4. The Bertz CT molecular complexity index is 926. The van der Waals surface area contributed by atoms with E-state index in [2.05, 4.69) is 5.10 Å². The van der Waals surface area contributed by atoms with Gasteiger partial charge in [-0.15, -0.1) is 0 Å². The summed E-state index contributed by atoms with van der Waals surface area (Å²) in [5, 5.41) is 4.99. The first-order valence-electron chi connectivity index (χ1n) is 9.76. The fraction of sp³-hybridized carbons (Fsp3) is 0.429. The summed E-state index contributed by atoms with van der Waals surface area (Å²) in [7, 11) is 0. The highest BCUT2D eigenvalue weighted by Gasteiger charge is 2.29. The van der Waals surface area contributed by atoms with Crippen LogP contribution in [-0.2, 0) is 20.9 Å². The third-order valence-electron chi connectivity index (χ3n) is 4.94. The van der Waals surface area contributed by atoms with E-state index in [1.165, 1.54) is 10.7 Å². The number of halogens is 1. The molecule has 1 aliphatic heterocycles. The molecule has 1 aromatic carbocycles. The van der Waals surface area contributed by atoms with Gasteiger partial charge in [0, 0.05) is 36.2 Å². The van der Waals surface area contributed by atoms with Crippen LogP contribution in [0.2, 0.25) is 5.02 Å². The molecule has 1 saturated heterocycles. The van der Waals surface area contributed by atoms with E-state index in [0.717, 1.165) is 18.4 Å². The molecule has 0 aliphatic carbocycles. The Hall–Kier alpha value is -2.67. The molecule has 2 aromatic rings. The topological polar surface area (TPSA) is 81.5 Å². The number of piperidine rings is 1. The van der Waals surface area contributed by atoms with E-state index in [4.69, 9.17) is 16.3 Å². The highest BCUT2D eigenvalue weighted by Crippen LogP contribution is 2.20. The number of aryl methyl sites for hydroxylation is 1. The first-order valence-corrected chi connectivity index (χ1v) is 10.1. The Balaban J connectivity index is 1.64. The van der Waals surface area contributed by atoms with Gasteiger partial charge in [0.1, 0.15) is 0 Å². The molecule has 1 amide bonds. The number of benzene rings is 1. The van der Waals surface area contributed by atoms with Crippen LogP contribution in [0.25, 0.3) is 11.3 Å². The Morgan fingerprint density at radius 2 is 1.97 bits per heavy atom. The Morgan fingerprint density at radius 1 is 1.21 bits per heavy atom. The van der Waals surface area contributed by atoms with E-state index >= 15 is 0 Å². The van der Waals surface area contributed by atoms with Crippen LogP contribution >= 0.6 is 11.6 Å². The lowest BCUT2D eigenvalue weighted by molar-refractivity contribution is -0.151. The van der Waals surface area contributed by atoms with Gasteiger partial charge < -0.3 is 9.64 Å². The number of carbonyl (C=O) groups excluding carboxylic acids is 2. The number of rotatable bonds is 6. The van der Waals surface area contributed by atoms with Crippen LogP contribution in [0.15, 0.2) is 41.2 Å². The van der Waals surface area contributed by atoms with Gasteiger partial charge in [-0.2, -0.15) is 5.10 Å². The molecular weight excluding hydrogens is 394 g/mol. The van der Waals surface area contributed by atoms with Crippen molar-refractivity contribution >= 4 is 23.5 Å². The summed E-state index contributed by atoms with van der Waals surface area (Å²) in [6.45, 7) is 3.26. The zero-order chi connectivity index (χ0) is 20.8. The van der Waals surface area contributed by atoms with E-state index in [9.17, 15) is 14.4 Å². The number of hydrogen-bond donors (Lipinski definition) is 0. The SMILES string of the molecule is CCOC(=O)C1CCCN(C(=O)CCn2nc(-c3ccc(Cl)cc3)ccc2=O)C1. The quantitative estimate of drug-likeness (QED) is 0.675. The largest absolute Gasteiger partial charge is 0.466 e. The number of ether oxygens (including phenoxy) is 1. The van der Waals surface area contributed by atoms with Crippen molar-refractivity contribution in [3.8, 4) is 11.3 Å². The molecule has 0 radical (unpaired) electrons. The summed E-state index contributed by atoms with van der Waals surface area (Å²) in [5.74, 6) is -0.620. The van der Waals surface area contributed by atoms with Crippen molar-refractivity contribution < 1.29 is 14.3 Å². The average Bonchev–Trinajstić information content (AvgIpc) is 2.74. The van der Waals surface area contributed by atoms with Crippen LogP contribution in [0.1, 0.15) is 26.2 Å². The molecule has 3 rings (SSSR count). The fourth-order valence-electron chi connectivity index (χ4n) is 3.40. The van der Waals surface area contributed by atoms with Crippen LogP contribution in [0, 0.1) is 5.92 Å². The van der Waals surface area contributed by atoms with Gasteiger partial charge in [-0.25, -0.2) is 4.68 Å². The Labute approximate surface area is 174 Å². The highest BCUT2D eigenvalue weighted by molar-refractivity contribution is 6.30. The smallest absolute Gasteiger partial charge is 0.310 e. The second-order valence-corrected chi connectivity index (χ2v) is 7.40. The fourth-order valence-corrected chi connectivity index (χ4v) is 3.53. The second kappa shape index (κ2) is 9.69. The molecule has 1 atom stereocenters. The molecule has 1 fully saturated rings. The zero-order valence-electron chi connectivity index (χ0n) is 16.3. The van der Waals surface area contributed by atoms with E-state index in [1.807, 2.05) is 12.1 Å². The maximum atomic E-state index is 12.6. The first-order chi connectivity index (χ1) is 14.0. The molecule has 7 nitrogen and oxygen atoms in total. The van der Waals surface area contributed by atoms with Crippen LogP contribution in [0.3, 0.4) is 0 Å². The predicted molar refractivity (Wildman–Crippen MR) is 109 cm³/mol. The molecule has 0 saturated carbocycles. The lowest BCUT2D eigenvalue weighted by Crippen LogP contribution is -2.43. The van der Waals surface area contributed by atoms with Gasteiger partial charge in [0.2, 0.25) is 5.91 Å². The molecule has 0 N–H and O–H groups in total. The van der Waals surface area contributed by atoms with Gasteiger partial charge in [0.05, 0.1) is 24.8 Å². The van der Waals surface area contributed by atoms with E-state index in [-0.39, 0.29) is 36.3 Å². The maximum absolute atomic E-state index is 12.6. The molecule has 1 unspecified atom stereocenters. The summed E-state index contributed by atoms with van der Waals surface area (Å²) in [6, 6.07) is 10.3. The van der Waals surface area contributed by atoms with Crippen LogP contribution in [0.4, 0.5) is 0 Å². The molecule has 0 spiro atoms. The number of carbonyl (C=O) groups is 2. The predicted octanol–water partition coefficient (Wildman–Crippen LogP) is 2.76. The van der Waals surface area contributed by atoms with Gasteiger partial charge in [-0.3, -0.25) is 14.4 Å². The number of likely N-dealkylation sites (tertiary alicyclic amines) is 1. The van der Waals surface area contributed by atoms with Crippen molar-refractivity contribution in [3.05, 3.63) is 51.8 Å². The van der Waals surface area contributed by atoms with Gasteiger partial charge in [0.25, 0.3) is 5.56 Å². The second-order valence-electron chi connectivity index (χ2n) is 6.97. The first kappa shape index (κ1) is 21.0. The van der Waals surface area contributed by atoms with E-state index < -0.39 is 0 Å². The van der Waals surface area contributed by atoms with E-state index in [0.29, 0.717) is 30.4 Å². The van der Waals surface area contributed by atoms with Crippen molar-refractivity contribution in [2.24, 2.45) is 5.92 Å². The maximum Gasteiger partial charge on any atom is 0.310 e. The van der Waals surface area contributed by atoms with Crippen molar-refractivity contribution in [2.75, 3.05) is 19.7 Å². The number of amides is 1. The summed E-state index contributed by atoms with van der Waals surface area (Å²) in [5.41, 5.74) is 1.20. The molecule has 154 valence electrons.